The number of ether oxygens (including phenoxy) is 2. The first-order chi connectivity index (χ1) is 13.7. The number of benzene rings is 1. The van der Waals surface area contributed by atoms with Crippen LogP contribution >= 0.6 is 0 Å². The number of rotatable bonds is 12. The predicted octanol–water partition coefficient (Wildman–Crippen LogP) is 2.56. The first-order valence-corrected chi connectivity index (χ1v) is 10.6. The Morgan fingerprint density at radius 1 is 1.18 bits per heavy atom. The monoisotopic (exact) mass is 388 g/mol. The molecule has 0 aromatic heterocycles. The number of guanidine groups is 1. The van der Waals surface area contributed by atoms with Gasteiger partial charge in [0.25, 0.3) is 0 Å². The van der Waals surface area contributed by atoms with Crippen molar-refractivity contribution in [2.24, 2.45) is 10.9 Å². The number of nitrogens with one attached hydrogen (secondary N) is 2. The summed E-state index contributed by atoms with van der Waals surface area (Å²) < 4.78 is 11.3. The van der Waals surface area contributed by atoms with Gasteiger partial charge in [0.1, 0.15) is 5.75 Å². The molecule has 2 N–H and O–H groups in total. The zero-order valence-electron chi connectivity index (χ0n) is 17.7. The zero-order valence-corrected chi connectivity index (χ0v) is 17.7. The van der Waals surface area contributed by atoms with Crippen molar-refractivity contribution in [3.8, 4) is 5.75 Å². The summed E-state index contributed by atoms with van der Waals surface area (Å²) in [6.07, 6.45) is 5.23. The molecule has 0 atom stereocenters. The summed E-state index contributed by atoms with van der Waals surface area (Å²) in [5, 5.41) is 6.86. The van der Waals surface area contributed by atoms with E-state index in [0.29, 0.717) is 6.54 Å². The molecule has 6 heteroatoms. The van der Waals surface area contributed by atoms with Crippen LogP contribution in [0.4, 0.5) is 0 Å². The fourth-order valence-electron chi connectivity index (χ4n) is 3.28. The lowest BCUT2D eigenvalue weighted by atomic mass is 10.1. The van der Waals surface area contributed by atoms with Crippen LogP contribution < -0.4 is 15.4 Å². The van der Waals surface area contributed by atoms with E-state index in [4.69, 9.17) is 9.47 Å². The van der Waals surface area contributed by atoms with Gasteiger partial charge in [-0.3, -0.25) is 9.89 Å². The molecular weight excluding hydrogens is 352 g/mol. The van der Waals surface area contributed by atoms with Gasteiger partial charge in [-0.2, -0.15) is 0 Å². The Balaban J connectivity index is 1.44. The largest absolute Gasteiger partial charge is 0.493 e. The summed E-state index contributed by atoms with van der Waals surface area (Å²) in [6.45, 7) is 7.32. The van der Waals surface area contributed by atoms with E-state index >= 15 is 0 Å². The molecule has 0 heterocycles. The topological polar surface area (TPSA) is 58.1 Å². The molecule has 0 radical (unpaired) electrons. The summed E-state index contributed by atoms with van der Waals surface area (Å²) in [7, 11) is 3.58. The zero-order chi connectivity index (χ0) is 19.8. The highest BCUT2D eigenvalue weighted by atomic mass is 16.5. The van der Waals surface area contributed by atoms with E-state index in [2.05, 4.69) is 45.6 Å². The molecule has 2 saturated carbocycles. The van der Waals surface area contributed by atoms with Crippen LogP contribution in [-0.2, 0) is 11.3 Å². The molecule has 3 rings (SSSR count). The molecule has 2 aliphatic carbocycles. The van der Waals surface area contributed by atoms with Gasteiger partial charge in [-0.15, -0.1) is 0 Å². The molecule has 0 spiro atoms. The molecule has 0 aliphatic heterocycles. The van der Waals surface area contributed by atoms with Crippen LogP contribution in [0.2, 0.25) is 0 Å². The lowest BCUT2D eigenvalue weighted by molar-refractivity contribution is 0.144. The van der Waals surface area contributed by atoms with E-state index < -0.39 is 0 Å². The standard InChI is InChI=1S/C22H36N4O2/c1-17-4-7-19(21(14-17)28-16-18-5-6-18)15-25-22(23-2)24-10-11-26(12-13-27-3)20-8-9-20/h4,7,14,18,20H,5-6,8-13,15-16H2,1-3H3,(H2,23,24,25). The second-order valence-corrected chi connectivity index (χ2v) is 7.98. The second-order valence-electron chi connectivity index (χ2n) is 7.98. The van der Waals surface area contributed by atoms with E-state index in [1.54, 1.807) is 7.11 Å². The third kappa shape index (κ3) is 6.99. The minimum Gasteiger partial charge on any atom is -0.493 e. The van der Waals surface area contributed by atoms with Gasteiger partial charge in [0.05, 0.1) is 13.2 Å². The molecule has 0 unspecified atom stereocenters. The van der Waals surface area contributed by atoms with Crippen LogP contribution in [-0.4, -0.2) is 63.9 Å². The summed E-state index contributed by atoms with van der Waals surface area (Å²) in [5.41, 5.74) is 2.40. The van der Waals surface area contributed by atoms with Crippen LogP contribution in [0.25, 0.3) is 0 Å². The molecular formula is C22H36N4O2. The smallest absolute Gasteiger partial charge is 0.191 e. The highest BCUT2D eigenvalue weighted by Crippen LogP contribution is 2.30. The molecule has 156 valence electrons. The number of hydrogen-bond donors (Lipinski definition) is 2. The summed E-state index contributed by atoms with van der Waals surface area (Å²) in [4.78, 5) is 6.87. The third-order valence-electron chi connectivity index (χ3n) is 5.40. The summed E-state index contributed by atoms with van der Waals surface area (Å²) in [5.74, 6) is 2.58. The first-order valence-electron chi connectivity index (χ1n) is 10.6. The molecule has 1 aromatic rings. The second kappa shape index (κ2) is 10.7. The van der Waals surface area contributed by atoms with Gasteiger partial charge in [0, 0.05) is 51.9 Å². The number of methoxy groups -OCH3 is 1. The summed E-state index contributed by atoms with van der Waals surface area (Å²) in [6, 6.07) is 7.17. The highest BCUT2D eigenvalue weighted by molar-refractivity contribution is 5.79. The van der Waals surface area contributed by atoms with Crippen molar-refractivity contribution in [1.29, 1.82) is 0 Å². The van der Waals surface area contributed by atoms with E-state index in [1.807, 2.05) is 7.05 Å². The van der Waals surface area contributed by atoms with Crippen molar-refractivity contribution >= 4 is 5.96 Å². The number of aryl methyl sites for hydroxylation is 1. The van der Waals surface area contributed by atoms with E-state index in [-0.39, 0.29) is 0 Å². The fraction of sp³-hybridized carbons (Fsp3) is 0.682. The maximum absolute atomic E-state index is 6.07. The van der Waals surface area contributed by atoms with Gasteiger partial charge in [0.2, 0.25) is 0 Å². The van der Waals surface area contributed by atoms with Gasteiger partial charge in [-0.1, -0.05) is 12.1 Å². The maximum atomic E-state index is 6.07. The van der Waals surface area contributed by atoms with Crippen molar-refractivity contribution in [3.63, 3.8) is 0 Å². The van der Waals surface area contributed by atoms with Crippen LogP contribution in [0, 0.1) is 12.8 Å². The van der Waals surface area contributed by atoms with E-state index in [9.17, 15) is 0 Å². The Morgan fingerprint density at radius 3 is 2.68 bits per heavy atom. The quantitative estimate of drug-likeness (QED) is 0.426. The molecule has 1 aromatic carbocycles. The van der Waals surface area contributed by atoms with Gasteiger partial charge in [-0.25, -0.2) is 0 Å². The molecule has 0 bridgehead atoms. The Bertz CT molecular complexity index is 641. The molecule has 2 fully saturated rings. The lowest BCUT2D eigenvalue weighted by Crippen LogP contribution is -2.42. The molecule has 28 heavy (non-hydrogen) atoms. The molecule has 6 nitrogen and oxygen atoms in total. The van der Waals surface area contributed by atoms with Crippen molar-refractivity contribution in [2.45, 2.75) is 45.2 Å². The Kier molecular flexibility index (Phi) is 7.98. The normalized spacial score (nSPS) is 17.1. The van der Waals surface area contributed by atoms with Crippen molar-refractivity contribution in [1.82, 2.24) is 15.5 Å². The predicted molar refractivity (Wildman–Crippen MR) is 114 cm³/mol. The first kappa shape index (κ1) is 20.9. The fourth-order valence-corrected chi connectivity index (χ4v) is 3.28. The summed E-state index contributed by atoms with van der Waals surface area (Å²) >= 11 is 0. The van der Waals surface area contributed by atoms with E-state index in [0.717, 1.165) is 56.5 Å². The third-order valence-corrected chi connectivity index (χ3v) is 5.40. The van der Waals surface area contributed by atoms with Crippen LogP contribution in [0.15, 0.2) is 23.2 Å². The van der Waals surface area contributed by atoms with Crippen LogP contribution in [0.3, 0.4) is 0 Å². The lowest BCUT2D eigenvalue weighted by Gasteiger charge is -2.22. The van der Waals surface area contributed by atoms with Crippen molar-refractivity contribution < 1.29 is 9.47 Å². The van der Waals surface area contributed by atoms with Gasteiger partial charge < -0.3 is 20.1 Å². The number of nitrogens with zero attached hydrogens (tertiary/aromatic N) is 2. The minimum absolute atomic E-state index is 0.704. The maximum Gasteiger partial charge on any atom is 0.191 e. The Morgan fingerprint density at radius 2 is 2.00 bits per heavy atom. The Labute approximate surface area is 169 Å². The van der Waals surface area contributed by atoms with E-state index in [1.165, 1.54) is 36.8 Å². The van der Waals surface area contributed by atoms with Crippen LogP contribution in [0.1, 0.15) is 36.8 Å². The van der Waals surface area contributed by atoms with Crippen molar-refractivity contribution in [3.05, 3.63) is 29.3 Å². The SMILES string of the molecule is CN=C(NCCN(CCOC)C1CC1)NCc1ccc(C)cc1OCC1CC1. The number of hydrogen-bond acceptors (Lipinski definition) is 4. The van der Waals surface area contributed by atoms with Gasteiger partial charge in [-0.05, 0) is 50.2 Å². The minimum atomic E-state index is 0.704. The van der Waals surface area contributed by atoms with Crippen LogP contribution in [0.5, 0.6) is 5.75 Å². The highest BCUT2D eigenvalue weighted by Gasteiger charge is 2.28. The van der Waals surface area contributed by atoms with Gasteiger partial charge >= 0.3 is 0 Å². The Hall–Kier alpha value is -1.79. The average molecular weight is 389 g/mol. The average Bonchev–Trinajstić information content (AvgIpc) is 3.60. The van der Waals surface area contributed by atoms with Crippen molar-refractivity contribution in [2.75, 3.05) is 47.0 Å². The van der Waals surface area contributed by atoms with Gasteiger partial charge in [0.15, 0.2) is 5.96 Å². The molecule has 2 aliphatic rings. The molecule has 0 amide bonds. The number of aliphatic imine (C=N–C) groups is 1. The molecule has 0 saturated heterocycles.